The number of thioether (sulfide) groups is 1. The zero-order chi connectivity index (χ0) is 11.6. The van der Waals surface area contributed by atoms with Gasteiger partial charge in [-0.15, -0.1) is 11.8 Å². The fraction of sp³-hybridized carbons (Fsp3) is 0.583. The molecule has 15 heavy (non-hydrogen) atoms. The van der Waals surface area contributed by atoms with E-state index in [0.29, 0.717) is 0 Å². The van der Waals surface area contributed by atoms with Gasteiger partial charge in [0.1, 0.15) is 0 Å². The Labute approximate surface area is 96.1 Å². The van der Waals surface area contributed by atoms with E-state index in [1.165, 1.54) is 0 Å². The van der Waals surface area contributed by atoms with Crippen LogP contribution in [0.2, 0.25) is 0 Å². The van der Waals surface area contributed by atoms with Crippen molar-refractivity contribution < 1.29 is 5.11 Å². The van der Waals surface area contributed by atoms with Crippen LogP contribution in [0, 0.1) is 6.92 Å². The smallest absolute Gasteiger partial charge is 0.0994 e. The molecule has 0 aliphatic carbocycles. The highest BCUT2D eigenvalue weighted by Crippen LogP contribution is 2.32. The van der Waals surface area contributed by atoms with E-state index >= 15 is 0 Å². The summed E-state index contributed by atoms with van der Waals surface area (Å²) in [5, 5.41) is 10.5. The number of rotatable bonds is 2. The Bertz CT molecular complexity index is 342. The van der Waals surface area contributed by atoms with Crippen LogP contribution >= 0.6 is 11.8 Å². The molecule has 2 nitrogen and oxygen atoms in total. The van der Waals surface area contributed by atoms with Crippen molar-refractivity contribution in [3.8, 4) is 0 Å². The van der Waals surface area contributed by atoms with Crippen molar-refractivity contribution in [2.75, 3.05) is 0 Å². The van der Waals surface area contributed by atoms with Gasteiger partial charge in [0, 0.05) is 10.9 Å². The van der Waals surface area contributed by atoms with Crippen LogP contribution in [0.3, 0.4) is 0 Å². The highest BCUT2D eigenvalue weighted by molar-refractivity contribution is 8.00. The summed E-state index contributed by atoms with van der Waals surface area (Å²) in [4.78, 5) is 4.39. The van der Waals surface area contributed by atoms with Gasteiger partial charge in [0.2, 0.25) is 0 Å². The van der Waals surface area contributed by atoms with Crippen LogP contribution < -0.4 is 0 Å². The first-order valence-electron chi connectivity index (χ1n) is 5.13. The molecule has 1 aromatic rings. The number of aryl methyl sites for hydroxylation is 1. The molecule has 0 bridgehead atoms. The molecule has 0 aromatic carbocycles. The van der Waals surface area contributed by atoms with Crippen LogP contribution in [0.1, 0.15) is 44.9 Å². The third kappa shape index (κ3) is 3.84. The Balaban J connectivity index is 2.94. The number of aliphatic hydroxyl groups is 1. The molecule has 1 unspecified atom stereocenters. The van der Waals surface area contributed by atoms with Crippen molar-refractivity contribution in [1.82, 2.24) is 4.98 Å². The van der Waals surface area contributed by atoms with Crippen molar-refractivity contribution in [3.05, 3.63) is 23.4 Å². The largest absolute Gasteiger partial charge is 0.389 e. The summed E-state index contributed by atoms with van der Waals surface area (Å²) >= 11 is 1.76. The van der Waals surface area contributed by atoms with Crippen molar-refractivity contribution >= 4 is 11.8 Å². The zero-order valence-electron chi connectivity index (χ0n) is 10.0. The lowest BCUT2D eigenvalue weighted by Gasteiger charge is -2.18. The molecule has 0 aliphatic rings. The van der Waals surface area contributed by atoms with Crippen LogP contribution in [0.4, 0.5) is 0 Å². The molecule has 0 saturated carbocycles. The van der Waals surface area contributed by atoms with Gasteiger partial charge in [0.05, 0.1) is 11.1 Å². The molecular formula is C12H19NOS. The van der Waals surface area contributed by atoms with Crippen LogP contribution in [-0.4, -0.2) is 14.8 Å². The van der Waals surface area contributed by atoms with E-state index in [-0.39, 0.29) is 4.75 Å². The summed E-state index contributed by atoms with van der Waals surface area (Å²) in [5.41, 5.74) is 2.01. The normalized spacial score (nSPS) is 14.0. The van der Waals surface area contributed by atoms with E-state index in [1.54, 1.807) is 24.9 Å². The van der Waals surface area contributed by atoms with Crippen molar-refractivity contribution in [3.63, 3.8) is 0 Å². The van der Waals surface area contributed by atoms with Crippen LogP contribution in [0.15, 0.2) is 17.3 Å². The standard InChI is InChI=1S/C12H19NOS/c1-8-6-10(9(2)14)7-13-11(8)15-12(3,4)5/h6-7,9,14H,1-5H3. The second-order valence-electron chi connectivity index (χ2n) is 4.78. The minimum absolute atomic E-state index is 0.171. The SMILES string of the molecule is Cc1cc(C(C)O)cnc1SC(C)(C)C. The maximum atomic E-state index is 9.42. The fourth-order valence-electron chi connectivity index (χ4n) is 1.21. The van der Waals surface area contributed by atoms with Crippen molar-refractivity contribution in [1.29, 1.82) is 0 Å². The average Bonchev–Trinajstić information content (AvgIpc) is 2.05. The summed E-state index contributed by atoms with van der Waals surface area (Å²) in [7, 11) is 0. The Kier molecular flexibility index (Phi) is 3.79. The minimum Gasteiger partial charge on any atom is -0.389 e. The maximum absolute atomic E-state index is 9.42. The number of nitrogens with zero attached hydrogens (tertiary/aromatic N) is 1. The van der Waals surface area contributed by atoms with Gasteiger partial charge in [-0.1, -0.05) is 20.8 Å². The third-order valence-corrected chi connectivity index (χ3v) is 3.17. The summed E-state index contributed by atoms with van der Waals surface area (Å²) in [6.07, 6.45) is 1.32. The lowest BCUT2D eigenvalue weighted by atomic mass is 10.1. The monoisotopic (exact) mass is 225 g/mol. The molecule has 0 saturated heterocycles. The maximum Gasteiger partial charge on any atom is 0.0994 e. The van der Waals surface area contributed by atoms with E-state index in [4.69, 9.17) is 0 Å². The number of hydrogen-bond acceptors (Lipinski definition) is 3. The van der Waals surface area contributed by atoms with Crippen LogP contribution in [0.25, 0.3) is 0 Å². The van der Waals surface area contributed by atoms with Gasteiger partial charge in [-0.2, -0.15) is 0 Å². The van der Waals surface area contributed by atoms with Crippen LogP contribution in [0.5, 0.6) is 0 Å². The minimum atomic E-state index is -0.440. The molecule has 0 aliphatic heterocycles. The Hall–Kier alpha value is -0.540. The first-order chi connectivity index (χ1) is 6.79. The summed E-state index contributed by atoms with van der Waals surface area (Å²) < 4.78 is 0.171. The summed E-state index contributed by atoms with van der Waals surface area (Å²) in [5.74, 6) is 0. The van der Waals surface area contributed by atoms with E-state index in [0.717, 1.165) is 16.2 Å². The lowest BCUT2D eigenvalue weighted by molar-refractivity contribution is 0.198. The van der Waals surface area contributed by atoms with Gasteiger partial charge in [-0.3, -0.25) is 0 Å². The number of hydrogen-bond donors (Lipinski definition) is 1. The summed E-state index contributed by atoms with van der Waals surface area (Å²) in [6, 6.07) is 2.01. The lowest BCUT2D eigenvalue weighted by Crippen LogP contribution is -2.08. The molecule has 1 atom stereocenters. The first-order valence-corrected chi connectivity index (χ1v) is 5.95. The van der Waals surface area contributed by atoms with Crippen molar-refractivity contribution in [2.45, 2.75) is 50.5 Å². The van der Waals surface area contributed by atoms with Crippen molar-refractivity contribution in [2.24, 2.45) is 0 Å². The molecule has 0 radical (unpaired) electrons. The molecule has 84 valence electrons. The molecule has 1 aromatic heterocycles. The highest BCUT2D eigenvalue weighted by Gasteiger charge is 2.15. The topological polar surface area (TPSA) is 33.1 Å². The number of pyridine rings is 1. The molecule has 0 spiro atoms. The van der Waals surface area contributed by atoms with Gasteiger partial charge in [-0.25, -0.2) is 4.98 Å². The van der Waals surface area contributed by atoms with E-state index < -0.39 is 6.10 Å². The second kappa shape index (κ2) is 4.54. The first kappa shape index (κ1) is 12.5. The van der Waals surface area contributed by atoms with Gasteiger partial charge in [-0.05, 0) is 31.0 Å². The predicted octanol–water partition coefficient (Wildman–Crippen LogP) is 3.33. The quantitative estimate of drug-likeness (QED) is 0.784. The van der Waals surface area contributed by atoms with Crippen LogP contribution in [-0.2, 0) is 0 Å². The Morgan fingerprint density at radius 3 is 2.40 bits per heavy atom. The number of aliphatic hydroxyl groups excluding tert-OH is 1. The molecule has 1 rings (SSSR count). The van der Waals surface area contributed by atoms with Gasteiger partial charge >= 0.3 is 0 Å². The highest BCUT2D eigenvalue weighted by atomic mass is 32.2. The number of aromatic nitrogens is 1. The molecule has 1 heterocycles. The Morgan fingerprint density at radius 2 is 2.00 bits per heavy atom. The van der Waals surface area contributed by atoms with Gasteiger partial charge in [0.25, 0.3) is 0 Å². The van der Waals surface area contributed by atoms with Gasteiger partial charge in [0.15, 0.2) is 0 Å². The fourth-order valence-corrected chi connectivity index (χ4v) is 2.11. The van der Waals surface area contributed by atoms with E-state index in [9.17, 15) is 5.11 Å². The zero-order valence-corrected chi connectivity index (χ0v) is 10.9. The molecule has 0 amide bonds. The third-order valence-electron chi connectivity index (χ3n) is 1.94. The van der Waals surface area contributed by atoms with E-state index in [1.807, 2.05) is 13.0 Å². The molecule has 3 heteroatoms. The molecule has 0 fully saturated rings. The predicted molar refractivity (Wildman–Crippen MR) is 65.2 cm³/mol. The van der Waals surface area contributed by atoms with E-state index in [2.05, 4.69) is 25.8 Å². The second-order valence-corrected chi connectivity index (χ2v) is 6.60. The summed E-state index contributed by atoms with van der Waals surface area (Å²) in [6.45, 7) is 10.3. The Morgan fingerprint density at radius 1 is 1.40 bits per heavy atom. The molecular weight excluding hydrogens is 206 g/mol. The van der Waals surface area contributed by atoms with Gasteiger partial charge < -0.3 is 5.11 Å². The molecule has 1 N–H and O–H groups in total. The average molecular weight is 225 g/mol.